The Kier molecular flexibility index (Phi) is 3.56. The van der Waals surface area contributed by atoms with Gasteiger partial charge >= 0.3 is 0 Å². The van der Waals surface area contributed by atoms with E-state index in [0.29, 0.717) is 6.54 Å². The van der Waals surface area contributed by atoms with Crippen LogP contribution in [0.3, 0.4) is 0 Å². The van der Waals surface area contributed by atoms with Crippen LogP contribution in [0.5, 0.6) is 0 Å². The van der Waals surface area contributed by atoms with Crippen molar-refractivity contribution in [2.75, 3.05) is 6.54 Å². The first-order valence-electron chi connectivity index (χ1n) is 7.02. The van der Waals surface area contributed by atoms with Crippen LogP contribution in [0.4, 0.5) is 0 Å². The van der Waals surface area contributed by atoms with Gasteiger partial charge in [0.25, 0.3) is 0 Å². The van der Waals surface area contributed by atoms with Gasteiger partial charge in [-0.1, -0.05) is 18.2 Å². The third kappa shape index (κ3) is 2.34. The van der Waals surface area contributed by atoms with E-state index in [1.807, 2.05) is 19.4 Å². The smallest absolute Gasteiger partial charge is 0.110 e. The molecule has 0 aliphatic rings. The lowest BCUT2D eigenvalue weighted by Gasteiger charge is -2.09. The summed E-state index contributed by atoms with van der Waals surface area (Å²) in [6, 6.07) is 8.61. The number of benzene rings is 1. The molecule has 20 heavy (non-hydrogen) atoms. The van der Waals surface area contributed by atoms with E-state index < -0.39 is 0 Å². The molecule has 104 valence electrons. The molecule has 0 aliphatic carbocycles. The molecule has 0 saturated carbocycles. The second-order valence-corrected chi connectivity index (χ2v) is 5.11. The quantitative estimate of drug-likeness (QED) is 0.770. The van der Waals surface area contributed by atoms with Crippen molar-refractivity contribution in [2.24, 2.45) is 12.8 Å². The highest BCUT2D eigenvalue weighted by molar-refractivity contribution is 5.83. The van der Waals surface area contributed by atoms with E-state index >= 15 is 0 Å². The van der Waals surface area contributed by atoms with Crippen molar-refractivity contribution in [1.29, 1.82) is 0 Å². The van der Waals surface area contributed by atoms with Crippen LogP contribution in [0.1, 0.15) is 11.4 Å². The highest BCUT2D eigenvalue weighted by atomic mass is 15.0. The van der Waals surface area contributed by atoms with E-state index in [-0.39, 0.29) is 0 Å². The van der Waals surface area contributed by atoms with E-state index in [9.17, 15) is 0 Å². The molecule has 2 aromatic heterocycles. The van der Waals surface area contributed by atoms with Crippen LogP contribution in [0.2, 0.25) is 0 Å². The molecule has 4 heteroatoms. The molecule has 2 N–H and O–H groups in total. The molecule has 3 rings (SSSR count). The largest absolute Gasteiger partial charge is 0.347 e. The molecular weight excluding hydrogens is 248 g/mol. The van der Waals surface area contributed by atoms with Crippen LogP contribution in [-0.2, 0) is 26.4 Å². The van der Waals surface area contributed by atoms with Gasteiger partial charge < -0.3 is 14.9 Å². The monoisotopic (exact) mass is 268 g/mol. The van der Waals surface area contributed by atoms with Gasteiger partial charge in [-0.05, 0) is 30.0 Å². The van der Waals surface area contributed by atoms with Crippen LogP contribution in [0.25, 0.3) is 10.9 Å². The van der Waals surface area contributed by atoms with Gasteiger partial charge in [0.05, 0.1) is 5.52 Å². The number of rotatable bonds is 5. The number of hydrogen-bond donors (Lipinski definition) is 1. The van der Waals surface area contributed by atoms with Crippen molar-refractivity contribution in [1.82, 2.24) is 14.1 Å². The Balaban J connectivity index is 1.89. The van der Waals surface area contributed by atoms with Crippen molar-refractivity contribution in [3.8, 4) is 0 Å². The summed E-state index contributed by atoms with van der Waals surface area (Å²) in [6.07, 6.45) is 7.85. The summed E-state index contributed by atoms with van der Waals surface area (Å²) in [5, 5.41) is 1.29. The lowest BCUT2D eigenvalue weighted by molar-refractivity contribution is 0.666. The summed E-state index contributed by atoms with van der Waals surface area (Å²) < 4.78 is 4.39. The van der Waals surface area contributed by atoms with Crippen molar-refractivity contribution in [3.63, 3.8) is 0 Å². The summed E-state index contributed by atoms with van der Waals surface area (Å²) in [4.78, 5) is 4.38. The van der Waals surface area contributed by atoms with Crippen LogP contribution < -0.4 is 5.73 Å². The lowest BCUT2D eigenvalue weighted by Crippen LogP contribution is -2.08. The van der Waals surface area contributed by atoms with Crippen LogP contribution >= 0.6 is 0 Å². The first kappa shape index (κ1) is 12.9. The molecule has 0 fully saturated rings. The third-order valence-electron chi connectivity index (χ3n) is 3.78. The molecule has 0 bridgehead atoms. The molecule has 0 spiro atoms. The van der Waals surface area contributed by atoms with E-state index in [4.69, 9.17) is 5.73 Å². The van der Waals surface area contributed by atoms with Gasteiger partial charge in [-0.3, -0.25) is 0 Å². The summed E-state index contributed by atoms with van der Waals surface area (Å²) in [6.45, 7) is 1.62. The highest BCUT2D eigenvalue weighted by Crippen LogP contribution is 2.21. The standard InChI is InChI=1S/C16H20N4/c1-19-12-9-18-15(19)7-11-20-10-6-14-4-2-3-13(5-8-17)16(14)20/h2-4,6,9-10,12H,5,7-8,11,17H2,1H3. The molecule has 0 unspecified atom stereocenters. The highest BCUT2D eigenvalue weighted by Gasteiger charge is 2.07. The fourth-order valence-corrected chi connectivity index (χ4v) is 2.74. The number of aromatic nitrogens is 3. The molecule has 0 amide bonds. The summed E-state index contributed by atoms with van der Waals surface area (Å²) in [5.41, 5.74) is 8.36. The zero-order valence-corrected chi connectivity index (χ0v) is 11.8. The third-order valence-corrected chi connectivity index (χ3v) is 3.78. The number of para-hydroxylation sites is 1. The number of nitrogens with two attached hydrogens (primary N) is 1. The maximum Gasteiger partial charge on any atom is 0.110 e. The average molecular weight is 268 g/mol. The van der Waals surface area contributed by atoms with E-state index in [0.717, 1.165) is 25.2 Å². The molecule has 0 aliphatic heterocycles. The molecule has 1 aromatic carbocycles. The SMILES string of the molecule is Cn1ccnc1CCn1ccc2cccc(CCN)c21. The predicted octanol–water partition coefficient (Wildman–Crippen LogP) is 2.12. The molecule has 3 aromatic rings. The Morgan fingerprint density at radius 3 is 2.80 bits per heavy atom. The van der Waals surface area contributed by atoms with Gasteiger partial charge in [0.2, 0.25) is 0 Å². The minimum atomic E-state index is 0.684. The van der Waals surface area contributed by atoms with Gasteiger partial charge in [0.1, 0.15) is 5.82 Å². The first-order chi connectivity index (χ1) is 9.79. The number of nitrogens with zero attached hydrogens (tertiary/aromatic N) is 3. The van der Waals surface area contributed by atoms with Gasteiger partial charge in [-0.2, -0.15) is 0 Å². The number of aryl methyl sites for hydroxylation is 3. The Morgan fingerprint density at radius 2 is 2.05 bits per heavy atom. The topological polar surface area (TPSA) is 48.8 Å². The van der Waals surface area contributed by atoms with Gasteiger partial charge in [0.15, 0.2) is 0 Å². The molecular formula is C16H20N4. The summed E-state index contributed by atoms with van der Waals surface area (Å²) >= 11 is 0. The fraction of sp³-hybridized carbons (Fsp3) is 0.312. The van der Waals surface area contributed by atoms with Crippen LogP contribution in [0.15, 0.2) is 42.9 Å². The Bertz CT molecular complexity index is 708. The van der Waals surface area contributed by atoms with E-state index in [1.165, 1.54) is 16.5 Å². The molecule has 0 atom stereocenters. The number of fused-ring (bicyclic) bond motifs is 1. The maximum atomic E-state index is 5.72. The molecule has 4 nitrogen and oxygen atoms in total. The molecule has 2 heterocycles. The summed E-state index contributed by atoms with van der Waals surface area (Å²) in [7, 11) is 2.04. The van der Waals surface area contributed by atoms with E-state index in [2.05, 4.69) is 44.6 Å². The summed E-state index contributed by atoms with van der Waals surface area (Å²) in [5.74, 6) is 1.11. The van der Waals surface area contributed by atoms with Crippen molar-refractivity contribution < 1.29 is 0 Å². The maximum absolute atomic E-state index is 5.72. The molecule has 0 saturated heterocycles. The number of imidazole rings is 1. The van der Waals surface area contributed by atoms with Crippen LogP contribution in [-0.4, -0.2) is 20.7 Å². The second kappa shape index (κ2) is 5.51. The van der Waals surface area contributed by atoms with Crippen molar-refractivity contribution >= 4 is 10.9 Å². The molecule has 0 radical (unpaired) electrons. The second-order valence-electron chi connectivity index (χ2n) is 5.11. The van der Waals surface area contributed by atoms with Crippen LogP contribution in [0, 0.1) is 0 Å². The van der Waals surface area contributed by atoms with E-state index in [1.54, 1.807) is 0 Å². The lowest BCUT2D eigenvalue weighted by atomic mass is 10.1. The minimum Gasteiger partial charge on any atom is -0.347 e. The Labute approximate surface area is 118 Å². The zero-order chi connectivity index (χ0) is 13.9. The fourth-order valence-electron chi connectivity index (χ4n) is 2.74. The van der Waals surface area contributed by atoms with Gasteiger partial charge in [-0.15, -0.1) is 0 Å². The number of hydrogen-bond acceptors (Lipinski definition) is 2. The first-order valence-corrected chi connectivity index (χ1v) is 7.02. The van der Waals surface area contributed by atoms with Gasteiger partial charge in [0, 0.05) is 38.6 Å². The van der Waals surface area contributed by atoms with Gasteiger partial charge in [-0.25, -0.2) is 4.98 Å². The predicted molar refractivity (Wildman–Crippen MR) is 81.6 cm³/mol. The van der Waals surface area contributed by atoms with Crippen molar-refractivity contribution in [3.05, 3.63) is 54.2 Å². The average Bonchev–Trinajstić information content (AvgIpc) is 3.04. The minimum absolute atomic E-state index is 0.684. The normalized spacial score (nSPS) is 11.3. The zero-order valence-electron chi connectivity index (χ0n) is 11.8. The Hall–Kier alpha value is -2.07. The Morgan fingerprint density at radius 1 is 1.15 bits per heavy atom. The van der Waals surface area contributed by atoms with Crippen molar-refractivity contribution in [2.45, 2.75) is 19.4 Å².